The predicted molar refractivity (Wildman–Crippen MR) is 102 cm³/mol. The second-order valence-corrected chi connectivity index (χ2v) is 5.67. The molecule has 1 aromatic carbocycles. The summed E-state index contributed by atoms with van der Waals surface area (Å²) in [5.41, 5.74) is 7.29. The highest BCUT2D eigenvalue weighted by Gasteiger charge is 2.16. The van der Waals surface area contributed by atoms with Crippen LogP contribution in [0.4, 0.5) is 5.69 Å². The van der Waals surface area contributed by atoms with E-state index in [0.717, 1.165) is 32.1 Å². The Labute approximate surface area is 145 Å². The van der Waals surface area contributed by atoms with E-state index in [1.54, 1.807) is 0 Å². The third-order valence-corrected chi connectivity index (χ3v) is 4.01. The number of aliphatic imine (C=N–C) groups is 1. The van der Waals surface area contributed by atoms with Crippen LogP contribution in [0.25, 0.3) is 0 Å². The second kappa shape index (κ2) is 9.12. The first-order chi connectivity index (χ1) is 9.66. The summed E-state index contributed by atoms with van der Waals surface area (Å²) < 4.78 is 0. The molecule has 0 spiro atoms. The highest BCUT2D eigenvalue weighted by molar-refractivity contribution is 14.0. The van der Waals surface area contributed by atoms with Gasteiger partial charge in [0, 0.05) is 32.4 Å². The van der Waals surface area contributed by atoms with Gasteiger partial charge in [0.2, 0.25) is 0 Å². The maximum atomic E-state index is 6.08. The molecule has 4 nitrogen and oxygen atoms in total. The van der Waals surface area contributed by atoms with Gasteiger partial charge < -0.3 is 15.5 Å². The molecule has 118 valence electrons. The molecule has 0 aromatic heterocycles. The molecule has 5 heteroatoms. The van der Waals surface area contributed by atoms with Crippen LogP contribution in [-0.2, 0) is 0 Å². The second-order valence-electron chi connectivity index (χ2n) is 5.67. The van der Waals surface area contributed by atoms with Gasteiger partial charge in [0.25, 0.3) is 0 Å². The number of guanidine groups is 1. The largest absolute Gasteiger partial charge is 0.373 e. The molecule has 0 radical (unpaired) electrons. The lowest BCUT2D eigenvalue weighted by atomic mass is 10.00. The fourth-order valence-corrected chi connectivity index (χ4v) is 2.46. The van der Waals surface area contributed by atoms with Gasteiger partial charge in [0.1, 0.15) is 0 Å². The van der Waals surface area contributed by atoms with Crippen molar-refractivity contribution >= 4 is 35.6 Å². The quantitative estimate of drug-likeness (QED) is 0.479. The molecule has 2 N–H and O–H groups in total. The average molecular weight is 402 g/mol. The lowest BCUT2D eigenvalue weighted by Gasteiger charge is -2.31. The molecule has 1 heterocycles. The number of likely N-dealkylation sites (tertiary alicyclic amines) is 1. The monoisotopic (exact) mass is 402 g/mol. The molecule has 1 fully saturated rings. The van der Waals surface area contributed by atoms with E-state index in [4.69, 9.17) is 5.73 Å². The van der Waals surface area contributed by atoms with E-state index in [-0.39, 0.29) is 24.0 Å². The molecule has 0 unspecified atom stereocenters. The SMILES string of the molecule is CC1CCN(C(N)=NCCN(C)c2ccccc2)CC1.I. The molecule has 0 atom stereocenters. The third kappa shape index (κ3) is 5.73. The summed E-state index contributed by atoms with van der Waals surface area (Å²) in [7, 11) is 2.09. The molecule has 1 aliphatic rings. The van der Waals surface area contributed by atoms with E-state index < -0.39 is 0 Å². The Bertz CT molecular complexity index is 427. The molecule has 2 rings (SSSR count). The maximum absolute atomic E-state index is 6.08. The number of hydrogen-bond acceptors (Lipinski definition) is 2. The van der Waals surface area contributed by atoms with Crippen LogP contribution in [0.3, 0.4) is 0 Å². The van der Waals surface area contributed by atoms with Crippen molar-refractivity contribution in [2.45, 2.75) is 19.8 Å². The normalized spacial score (nSPS) is 16.5. The molecule has 0 aliphatic carbocycles. The van der Waals surface area contributed by atoms with E-state index >= 15 is 0 Å². The topological polar surface area (TPSA) is 44.9 Å². The van der Waals surface area contributed by atoms with E-state index in [9.17, 15) is 0 Å². The molecule has 1 saturated heterocycles. The number of rotatable bonds is 4. The van der Waals surface area contributed by atoms with Crippen molar-refractivity contribution < 1.29 is 0 Å². The summed E-state index contributed by atoms with van der Waals surface area (Å²) in [6, 6.07) is 10.4. The summed E-state index contributed by atoms with van der Waals surface area (Å²) in [5.74, 6) is 1.53. The number of nitrogens with zero attached hydrogens (tertiary/aromatic N) is 3. The minimum atomic E-state index is 0. The first-order valence-corrected chi connectivity index (χ1v) is 7.48. The van der Waals surface area contributed by atoms with Crippen LogP contribution in [0.2, 0.25) is 0 Å². The van der Waals surface area contributed by atoms with Crippen LogP contribution in [0.15, 0.2) is 35.3 Å². The first-order valence-electron chi connectivity index (χ1n) is 7.48. The van der Waals surface area contributed by atoms with Crippen LogP contribution in [0.1, 0.15) is 19.8 Å². The van der Waals surface area contributed by atoms with Crippen molar-refractivity contribution in [1.82, 2.24) is 4.90 Å². The molecule has 21 heavy (non-hydrogen) atoms. The minimum Gasteiger partial charge on any atom is -0.373 e. The fraction of sp³-hybridized carbons (Fsp3) is 0.562. The summed E-state index contributed by atoms with van der Waals surface area (Å²) >= 11 is 0. The molecular formula is C16H27IN4. The van der Waals surface area contributed by atoms with Crippen LogP contribution in [-0.4, -0.2) is 44.1 Å². The third-order valence-electron chi connectivity index (χ3n) is 4.01. The van der Waals surface area contributed by atoms with Crippen molar-refractivity contribution in [3.63, 3.8) is 0 Å². The minimum absolute atomic E-state index is 0. The van der Waals surface area contributed by atoms with E-state index in [0.29, 0.717) is 5.96 Å². The number of piperidine rings is 1. The van der Waals surface area contributed by atoms with Gasteiger partial charge in [-0.15, -0.1) is 24.0 Å². The Morgan fingerprint density at radius 2 is 1.90 bits per heavy atom. The van der Waals surface area contributed by atoms with Gasteiger partial charge in [-0.2, -0.15) is 0 Å². The van der Waals surface area contributed by atoms with Crippen molar-refractivity contribution in [1.29, 1.82) is 0 Å². The van der Waals surface area contributed by atoms with Crippen molar-refractivity contribution in [3.05, 3.63) is 30.3 Å². The van der Waals surface area contributed by atoms with E-state index in [1.165, 1.54) is 18.5 Å². The molecule has 1 aromatic rings. The number of likely N-dealkylation sites (N-methyl/N-ethyl adjacent to an activating group) is 1. The van der Waals surface area contributed by atoms with E-state index in [1.807, 2.05) is 6.07 Å². The molecule has 0 amide bonds. The number of nitrogens with two attached hydrogens (primary N) is 1. The van der Waals surface area contributed by atoms with Gasteiger partial charge in [0.15, 0.2) is 5.96 Å². The zero-order valence-corrected chi connectivity index (χ0v) is 15.4. The Hall–Kier alpha value is -0.980. The molecule has 0 bridgehead atoms. The van der Waals surface area contributed by atoms with Crippen molar-refractivity contribution in [2.75, 3.05) is 38.1 Å². The van der Waals surface area contributed by atoms with E-state index in [2.05, 4.69) is 53.0 Å². The summed E-state index contributed by atoms with van der Waals surface area (Å²) in [4.78, 5) is 8.93. The summed E-state index contributed by atoms with van der Waals surface area (Å²) in [5, 5.41) is 0. The number of hydrogen-bond donors (Lipinski definition) is 1. The maximum Gasteiger partial charge on any atom is 0.191 e. The van der Waals surface area contributed by atoms with Gasteiger partial charge in [-0.25, -0.2) is 0 Å². The van der Waals surface area contributed by atoms with Gasteiger partial charge in [-0.05, 0) is 30.9 Å². The highest BCUT2D eigenvalue weighted by atomic mass is 127. The fourth-order valence-electron chi connectivity index (χ4n) is 2.46. The number of para-hydroxylation sites is 1. The number of benzene rings is 1. The van der Waals surface area contributed by atoms with Crippen LogP contribution >= 0.6 is 24.0 Å². The highest BCUT2D eigenvalue weighted by Crippen LogP contribution is 2.15. The Morgan fingerprint density at radius 1 is 1.29 bits per heavy atom. The van der Waals surface area contributed by atoms with Gasteiger partial charge in [-0.1, -0.05) is 25.1 Å². The predicted octanol–water partition coefficient (Wildman–Crippen LogP) is 2.79. The Balaban J connectivity index is 0.00000220. The smallest absolute Gasteiger partial charge is 0.191 e. The zero-order valence-electron chi connectivity index (χ0n) is 13.0. The van der Waals surface area contributed by atoms with Gasteiger partial charge in [-0.3, -0.25) is 4.99 Å². The first kappa shape index (κ1) is 18.1. The zero-order chi connectivity index (χ0) is 14.4. The lowest BCUT2D eigenvalue weighted by molar-refractivity contribution is 0.277. The Kier molecular flexibility index (Phi) is 7.85. The van der Waals surface area contributed by atoms with Crippen LogP contribution < -0.4 is 10.6 Å². The van der Waals surface area contributed by atoms with Crippen molar-refractivity contribution in [3.8, 4) is 0 Å². The summed E-state index contributed by atoms with van der Waals surface area (Å²) in [6.07, 6.45) is 2.44. The van der Waals surface area contributed by atoms with Crippen molar-refractivity contribution in [2.24, 2.45) is 16.6 Å². The molecule has 1 aliphatic heterocycles. The summed E-state index contributed by atoms with van der Waals surface area (Å²) in [6.45, 7) is 6.02. The number of anilines is 1. The van der Waals surface area contributed by atoms with Crippen LogP contribution in [0.5, 0.6) is 0 Å². The average Bonchev–Trinajstić information content (AvgIpc) is 2.48. The molecule has 0 saturated carbocycles. The van der Waals surface area contributed by atoms with Crippen LogP contribution in [0, 0.1) is 5.92 Å². The Morgan fingerprint density at radius 3 is 2.52 bits per heavy atom. The van der Waals surface area contributed by atoms with Gasteiger partial charge >= 0.3 is 0 Å². The molecular weight excluding hydrogens is 375 g/mol. The van der Waals surface area contributed by atoms with Gasteiger partial charge in [0.05, 0.1) is 6.54 Å². The lowest BCUT2D eigenvalue weighted by Crippen LogP contribution is -2.42. The standard InChI is InChI=1S/C16H26N4.HI/c1-14-8-11-20(12-9-14)16(17)18-10-13-19(2)15-6-4-3-5-7-15;/h3-7,14H,8-13H2,1-2H3,(H2,17,18);1H. The number of halogens is 1.